The standard InChI is InChI=1S/C17H16F3N3O3/c1-10(11-4-3-5-12(8-11)23(25)26)22(2)9-15(24)21-14-7-6-13(18)16(19)17(14)20/h3-8,10H,9H2,1-2H3,(H,21,24)/t10-/m0/s1. The summed E-state index contributed by atoms with van der Waals surface area (Å²) in [5, 5.41) is 13.0. The van der Waals surface area contributed by atoms with Crippen molar-refractivity contribution >= 4 is 17.3 Å². The Morgan fingerprint density at radius 3 is 2.58 bits per heavy atom. The highest BCUT2D eigenvalue weighted by Gasteiger charge is 2.19. The van der Waals surface area contributed by atoms with Gasteiger partial charge in [0.15, 0.2) is 17.5 Å². The lowest BCUT2D eigenvalue weighted by Gasteiger charge is -2.24. The van der Waals surface area contributed by atoms with E-state index in [2.05, 4.69) is 5.32 Å². The van der Waals surface area contributed by atoms with Crippen molar-refractivity contribution in [1.29, 1.82) is 0 Å². The number of non-ortho nitro benzene ring substituents is 1. The Labute approximate surface area is 147 Å². The lowest BCUT2D eigenvalue weighted by molar-refractivity contribution is -0.384. The molecule has 0 spiro atoms. The van der Waals surface area contributed by atoms with Gasteiger partial charge in [-0.1, -0.05) is 12.1 Å². The molecule has 0 saturated heterocycles. The van der Waals surface area contributed by atoms with E-state index in [0.29, 0.717) is 11.6 Å². The number of hydrogen-bond acceptors (Lipinski definition) is 4. The van der Waals surface area contributed by atoms with E-state index in [1.165, 1.54) is 18.2 Å². The zero-order valence-electron chi connectivity index (χ0n) is 14.0. The minimum absolute atomic E-state index is 0.0731. The molecule has 0 radical (unpaired) electrons. The number of carbonyl (C=O) groups is 1. The molecule has 0 aliphatic rings. The predicted octanol–water partition coefficient (Wildman–Crippen LogP) is 3.64. The van der Waals surface area contributed by atoms with Gasteiger partial charge in [-0.25, -0.2) is 13.2 Å². The number of nitrogens with one attached hydrogen (secondary N) is 1. The van der Waals surface area contributed by atoms with E-state index in [0.717, 1.165) is 6.07 Å². The molecule has 1 N–H and O–H groups in total. The van der Waals surface area contributed by atoms with E-state index in [9.17, 15) is 28.1 Å². The van der Waals surface area contributed by atoms with Gasteiger partial charge in [-0.2, -0.15) is 0 Å². The number of nitrogens with zero attached hydrogens (tertiary/aromatic N) is 2. The summed E-state index contributed by atoms with van der Waals surface area (Å²) in [4.78, 5) is 23.9. The summed E-state index contributed by atoms with van der Waals surface area (Å²) in [6.45, 7) is 1.55. The number of nitro benzene ring substituents is 1. The van der Waals surface area contributed by atoms with Crippen LogP contribution in [0.25, 0.3) is 0 Å². The monoisotopic (exact) mass is 367 g/mol. The fraction of sp³-hybridized carbons (Fsp3) is 0.235. The molecule has 2 aromatic rings. The minimum Gasteiger partial charge on any atom is -0.322 e. The SMILES string of the molecule is C[C@@H](c1cccc([N+](=O)[O-])c1)N(C)CC(=O)Nc1ccc(F)c(F)c1F. The smallest absolute Gasteiger partial charge is 0.269 e. The molecule has 26 heavy (non-hydrogen) atoms. The minimum atomic E-state index is -1.67. The molecule has 0 aliphatic heterocycles. The Hall–Kier alpha value is -2.94. The average molecular weight is 367 g/mol. The third-order valence-corrected chi connectivity index (χ3v) is 3.93. The van der Waals surface area contributed by atoms with Crippen molar-refractivity contribution in [1.82, 2.24) is 4.90 Å². The molecule has 0 fully saturated rings. The normalized spacial score (nSPS) is 12.1. The summed E-state index contributed by atoms with van der Waals surface area (Å²) < 4.78 is 39.7. The summed E-state index contributed by atoms with van der Waals surface area (Å²) in [7, 11) is 1.60. The highest BCUT2D eigenvalue weighted by atomic mass is 19.2. The third kappa shape index (κ3) is 4.37. The molecule has 0 aliphatic carbocycles. The van der Waals surface area contributed by atoms with Crippen molar-refractivity contribution in [3.05, 3.63) is 69.5 Å². The summed E-state index contributed by atoms with van der Waals surface area (Å²) in [5.41, 5.74) is 0.0786. The number of rotatable bonds is 6. The molecular weight excluding hydrogens is 351 g/mol. The van der Waals surface area contributed by atoms with Crippen molar-refractivity contribution in [2.75, 3.05) is 18.9 Å². The lowest BCUT2D eigenvalue weighted by Crippen LogP contribution is -2.32. The molecule has 0 saturated carbocycles. The predicted molar refractivity (Wildman–Crippen MR) is 89.1 cm³/mol. The number of likely N-dealkylation sites (N-methyl/N-ethyl adjacent to an activating group) is 1. The Balaban J connectivity index is 2.06. The van der Waals surface area contributed by atoms with Crippen LogP contribution < -0.4 is 5.32 Å². The fourth-order valence-corrected chi connectivity index (χ4v) is 2.33. The third-order valence-electron chi connectivity index (χ3n) is 3.93. The highest BCUT2D eigenvalue weighted by molar-refractivity contribution is 5.92. The highest BCUT2D eigenvalue weighted by Crippen LogP contribution is 2.23. The van der Waals surface area contributed by atoms with Gasteiger partial charge in [0.05, 0.1) is 17.2 Å². The molecule has 0 heterocycles. The Kier molecular flexibility index (Phi) is 5.93. The molecule has 1 amide bonds. The number of amides is 1. The number of benzene rings is 2. The largest absolute Gasteiger partial charge is 0.322 e. The molecule has 2 aromatic carbocycles. The van der Waals surface area contributed by atoms with E-state index >= 15 is 0 Å². The number of hydrogen-bond donors (Lipinski definition) is 1. The van der Waals surface area contributed by atoms with E-state index in [4.69, 9.17) is 0 Å². The van der Waals surface area contributed by atoms with Crippen LogP contribution >= 0.6 is 0 Å². The van der Waals surface area contributed by atoms with Crippen LogP contribution in [0.15, 0.2) is 36.4 Å². The van der Waals surface area contributed by atoms with Gasteiger partial charge in [0.2, 0.25) is 5.91 Å². The summed E-state index contributed by atoms with van der Waals surface area (Å²) in [6, 6.07) is 7.26. The van der Waals surface area contributed by atoms with Crippen LogP contribution in [0.1, 0.15) is 18.5 Å². The molecule has 6 nitrogen and oxygen atoms in total. The van der Waals surface area contributed by atoms with Gasteiger partial charge in [-0.3, -0.25) is 19.8 Å². The summed E-state index contributed by atoms with van der Waals surface area (Å²) in [5.74, 6) is -5.14. The first-order valence-corrected chi connectivity index (χ1v) is 7.58. The van der Waals surface area contributed by atoms with Crippen LogP contribution in [0.3, 0.4) is 0 Å². The van der Waals surface area contributed by atoms with Crippen LogP contribution in [0.4, 0.5) is 24.5 Å². The molecular formula is C17H16F3N3O3. The first kappa shape index (κ1) is 19.4. The second-order valence-electron chi connectivity index (χ2n) is 5.71. The van der Waals surface area contributed by atoms with Gasteiger partial charge in [0.25, 0.3) is 5.69 Å². The zero-order chi connectivity index (χ0) is 19.4. The van der Waals surface area contributed by atoms with Crippen LogP contribution in [0.5, 0.6) is 0 Å². The fourth-order valence-electron chi connectivity index (χ4n) is 2.33. The Morgan fingerprint density at radius 1 is 1.23 bits per heavy atom. The molecule has 2 rings (SSSR count). The maximum Gasteiger partial charge on any atom is 0.269 e. The van der Waals surface area contributed by atoms with Crippen LogP contribution in [0, 0.1) is 27.6 Å². The average Bonchev–Trinajstić information content (AvgIpc) is 2.61. The number of carbonyl (C=O) groups excluding carboxylic acids is 1. The van der Waals surface area contributed by atoms with Crippen LogP contribution in [-0.4, -0.2) is 29.3 Å². The van der Waals surface area contributed by atoms with Gasteiger partial charge in [-0.15, -0.1) is 0 Å². The van der Waals surface area contributed by atoms with Gasteiger partial charge < -0.3 is 5.32 Å². The van der Waals surface area contributed by atoms with Gasteiger partial charge >= 0.3 is 0 Å². The number of nitro groups is 1. The van der Waals surface area contributed by atoms with Crippen molar-refractivity contribution in [3.63, 3.8) is 0 Å². The molecule has 0 bridgehead atoms. The van der Waals surface area contributed by atoms with Gasteiger partial charge in [0.1, 0.15) is 0 Å². The van der Waals surface area contributed by atoms with E-state index in [-0.39, 0.29) is 18.3 Å². The van der Waals surface area contributed by atoms with Gasteiger partial charge in [-0.05, 0) is 31.7 Å². The lowest BCUT2D eigenvalue weighted by atomic mass is 10.1. The number of anilines is 1. The van der Waals surface area contributed by atoms with E-state index in [1.54, 1.807) is 24.9 Å². The van der Waals surface area contributed by atoms with Gasteiger partial charge in [0, 0.05) is 18.2 Å². The molecule has 1 atom stereocenters. The summed E-state index contributed by atoms with van der Waals surface area (Å²) >= 11 is 0. The zero-order valence-corrected chi connectivity index (χ0v) is 14.0. The second-order valence-corrected chi connectivity index (χ2v) is 5.71. The van der Waals surface area contributed by atoms with Crippen molar-refractivity contribution in [2.24, 2.45) is 0 Å². The topological polar surface area (TPSA) is 75.5 Å². The van der Waals surface area contributed by atoms with Crippen LogP contribution in [-0.2, 0) is 4.79 Å². The Morgan fingerprint density at radius 2 is 1.92 bits per heavy atom. The van der Waals surface area contributed by atoms with E-state index < -0.39 is 34.0 Å². The molecule has 9 heteroatoms. The van der Waals surface area contributed by atoms with E-state index in [1.807, 2.05) is 0 Å². The Bertz CT molecular complexity index is 845. The maximum atomic E-state index is 13.6. The molecule has 0 aromatic heterocycles. The van der Waals surface area contributed by atoms with Crippen LogP contribution in [0.2, 0.25) is 0 Å². The first-order valence-electron chi connectivity index (χ1n) is 7.58. The molecule has 0 unspecified atom stereocenters. The van der Waals surface area contributed by atoms with Crippen molar-refractivity contribution in [3.8, 4) is 0 Å². The van der Waals surface area contributed by atoms with Crippen molar-refractivity contribution in [2.45, 2.75) is 13.0 Å². The first-order chi connectivity index (χ1) is 12.2. The maximum absolute atomic E-state index is 13.6. The quantitative estimate of drug-likeness (QED) is 0.480. The number of halogens is 3. The second kappa shape index (κ2) is 7.96. The summed E-state index contributed by atoms with van der Waals surface area (Å²) in [6.07, 6.45) is 0. The molecule has 138 valence electrons. The van der Waals surface area contributed by atoms with Crippen molar-refractivity contribution < 1.29 is 22.9 Å².